The van der Waals surface area contributed by atoms with Crippen molar-refractivity contribution in [3.8, 4) is 0 Å². The van der Waals surface area contributed by atoms with Gasteiger partial charge in [0.1, 0.15) is 5.82 Å². The summed E-state index contributed by atoms with van der Waals surface area (Å²) in [6, 6.07) is 2.80. The van der Waals surface area contributed by atoms with Gasteiger partial charge in [0.15, 0.2) is 0 Å². The molecule has 0 aromatic carbocycles. The number of hydrogen-bond donors (Lipinski definition) is 2. The van der Waals surface area contributed by atoms with E-state index in [-0.39, 0.29) is 17.3 Å². The van der Waals surface area contributed by atoms with Gasteiger partial charge in [0.05, 0.1) is 4.92 Å². The van der Waals surface area contributed by atoms with Gasteiger partial charge in [0.2, 0.25) is 5.82 Å². The van der Waals surface area contributed by atoms with E-state index in [2.05, 4.69) is 29.0 Å². The zero-order valence-corrected chi connectivity index (χ0v) is 11.4. The van der Waals surface area contributed by atoms with Crippen LogP contribution in [0.15, 0.2) is 12.1 Å². The highest BCUT2D eigenvalue weighted by Crippen LogP contribution is 2.22. The van der Waals surface area contributed by atoms with E-state index in [0.29, 0.717) is 6.54 Å². The van der Waals surface area contributed by atoms with Gasteiger partial charge in [0, 0.05) is 19.2 Å². The minimum atomic E-state index is -0.460. The van der Waals surface area contributed by atoms with Crippen LogP contribution in [0.2, 0.25) is 0 Å². The molecule has 1 aromatic rings. The Morgan fingerprint density at radius 2 is 2.16 bits per heavy atom. The molecule has 106 valence electrons. The lowest BCUT2D eigenvalue weighted by Gasteiger charge is -2.19. The number of hydrogen-bond acceptors (Lipinski definition) is 6. The van der Waals surface area contributed by atoms with Crippen LogP contribution in [-0.2, 0) is 0 Å². The number of nitrogens with zero attached hydrogens (tertiary/aromatic N) is 3. The second-order valence-corrected chi connectivity index (χ2v) is 4.22. The zero-order valence-electron chi connectivity index (χ0n) is 11.4. The minimum absolute atomic E-state index is 0.0484. The molecule has 0 aliphatic rings. The third kappa shape index (κ3) is 4.70. The van der Waals surface area contributed by atoms with Crippen molar-refractivity contribution in [2.45, 2.75) is 20.3 Å². The molecule has 0 amide bonds. The summed E-state index contributed by atoms with van der Waals surface area (Å²) in [5, 5.41) is 13.8. The average Bonchev–Trinajstić information content (AvgIpc) is 2.37. The maximum atomic E-state index is 10.9. The van der Waals surface area contributed by atoms with Crippen LogP contribution in [-0.4, -0.2) is 41.0 Å². The topological polar surface area (TPSA) is 97.3 Å². The lowest BCUT2D eigenvalue weighted by Crippen LogP contribution is -2.29. The van der Waals surface area contributed by atoms with E-state index in [1.165, 1.54) is 12.1 Å². The maximum absolute atomic E-state index is 10.9. The lowest BCUT2D eigenvalue weighted by atomic mass is 10.3. The third-order valence-corrected chi connectivity index (χ3v) is 2.80. The van der Waals surface area contributed by atoms with Crippen molar-refractivity contribution >= 4 is 17.3 Å². The van der Waals surface area contributed by atoms with Crippen LogP contribution in [0.1, 0.15) is 20.3 Å². The molecule has 0 atom stereocenters. The summed E-state index contributed by atoms with van der Waals surface area (Å²) < 4.78 is 0. The molecule has 7 nitrogen and oxygen atoms in total. The summed E-state index contributed by atoms with van der Waals surface area (Å²) in [7, 11) is 0. The number of nitro groups is 1. The van der Waals surface area contributed by atoms with Crippen LogP contribution in [0.25, 0.3) is 0 Å². The minimum Gasteiger partial charge on any atom is -0.384 e. The Kier molecular flexibility index (Phi) is 6.01. The number of anilines is 2. The van der Waals surface area contributed by atoms with Crippen molar-refractivity contribution in [1.82, 2.24) is 9.88 Å². The van der Waals surface area contributed by atoms with Gasteiger partial charge >= 0.3 is 5.69 Å². The number of rotatable bonds is 8. The molecule has 0 aliphatic heterocycles. The maximum Gasteiger partial charge on any atom is 0.311 e. The van der Waals surface area contributed by atoms with Crippen molar-refractivity contribution in [2.75, 3.05) is 37.2 Å². The normalized spacial score (nSPS) is 10.7. The molecule has 0 aliphatic carbocycles. The first-order valence-corrected chi connectivity index (χ1v) is 6.45. The van der Waals surface area contributed by atoms with Gasteiger partial charge in [-0.25, -0.2) is 4.98 Å². The van der Waals surface area contributed by atoms with E-state index in [9.17, 15) is 10.1 Å². The molecule has 1 heterocycles. The molecule has 0 spiro atoms. The lowest BCUT2D eigenvalue weighted by molar-refractivity contribution is -0.384. The van der Waals surface area contributed by atoms with Crippen LogP contribution < -0.4 is 11.1 Å². The number of likely N-dealkylation sites (N-methyl/N-ethyl adjacent to an activating group) is 1. The Hall–Kier alpha value is -1.89. The monoisotopic (exact) mass is 267 g/mol. The highest BCUT2D eigenvalue weighted by Gasteiger charge is 2.15. The van der Waals surface area contributed by atoms with E-state index < -0.39 is 4.92 Å². The molecule has 0 fully saturated rings. The molecule has 0 bridgehead atoms. The van der Waals surface area contributed by atoms with Gasteiger partial charge in [-0.15, -0.1) is 0 Å². The smallest absolute Gasteiger partial charge is 0.311 e. The predicted octanol–water partition coefficient (Wildman–Crippen LogP) is 1.72. The van der Waals surface area contributed by atoms with Gasteiger partial charge in [-0.3, -0.25) is 10.1 Å². The van der Waals surface area contributed by atoms with Crippen LogP contribution in [0, 0.1) is 10.1 Å². The number of nitrogens with one attached hydrogen (secondary N) is 1. The molecule has 19 heavy (non-hydrogen) atoms. The van der Waals surface area contributed by atoms with E-state index >= 15 is 0 Å². The number of nitrogens with two attached hydrogens (primary N) is 1. The van der Waals surface area contributed by atoms with Crippen molar-refractivity contribution in [3.05, 3.63) is 22.2 Å². The SMILES string of the molecule is CCCN(CC)CCNc1nc(N)ccc1[N+](=O)[O-]. The van der Waals surface area contributed by atoms with Crippen LogP contribution >= 0.6 is 0 Å². The largest absolute Gasteiger partial charge is 0.384 e. The summed E-state index contributed by atoms with van der Waals surface area (Å²) in [4.78, 5) is 16.6. The summed E-state index contributed by atoms with van der Waals surface area (Å²) >= 11 is 0. The second kappa shape index (κ2) is 7.52. The molecule has 0 unspecified atom stereocenters. The summed E-state index contributed by atoms with van der Waals surface area (Å²) in [6.07, 6.45) is 1.09. The van der Waals surface area contributed by atoms with Crippen molar-refractivity contribution in [3.63, 3.8) is 0 Å². The summed E-state index contributed by atoms with van der Waals surface area (Å²) in [5.41, 5.74) is 5.50. The van der Waals surface area contributed by atoms with Crippen molar-refractivity contribution < 1.29 is 4.92 Å². The molecule has 3 N–H and O–H groups in total. The predicted molar refractivity (Wildman–Crippen MR) is 76.2 cm³/mol. The molecule has 0 saturated heterocycles. The Bertz CT molecular complexity index is 425. The van der Waals surface area contributed by atoms with Gasteiger partial charge in [-0.05, 0) is 25.6 Å². The Morgan fingerprint density at radius 3 is 2.74 bits per heavy atom. The first-order valence-electron chi connectivity index (χ1n) is 6.45. The van der Waals surface area contributed by atoms with E-state index in [0.717, 1.165) is 26.1 Å². The first kappa shape index (κ1) is 15.2. The number of aromatic nitrogens is 1. The second-order valence-electron chi connectivity index (χ2n) is 4.22. The molecule has 1 aromatic heterocycles. The first-order chi connectivity index (χ1) is 9.08. The van der Waals surface area contributed by atoms with Crippen LogP contribution in [0.4, 0.5) is 17.3 Å². The van der Waals surface area contributed by atoms with E-state index in [1.807, 2.05) is 0 Å². The van der Waals surface area contributed by atoms with E-state index in [1.54, 1.807) is 0 Å². The molecule has 7 heteroatoms. The fourth-order valence-corrected chi connectivity index (χ4v) is 1.82. The molecule has 0 radical (unpaired) electrons. The highest BCUT2D eigenvalue weighted by atomic mass is 16.6. The van der Waals surface area contributed by atoms with Crippen molar-refractivity contribution in [2.24, 2.45) is 0 Å². The molecule has 0 saturated carbocycles. The van der Waals surface area contributed by atoms with E-state index in [4.69, 9.17) is 5.73 Å². The third-order valence-electron chi connectivity index (χ3n) is 2.80. The number of nitrogen functional groups attached to an aromatic ring is 1. The van der Waals surface area contributed by atoms with Crippen molar-refractivity contribution in [1.29, 1.82) is 0 Å². The fraction of sp³-hybridized carbons (Fsp3) is 0.583. The Labute approximate surface area is 113 Å². The van der Waals surface area contributed by atoms with Gasteiger partial charge < -0.3 is 16.0 Å². The average molecular weight is 267 g/mol. The molecular formula is C12H21N5O2. The Balaban J connectivity index is 2.61. The Morgan fingerprint density at radius 1 is 1.42 bits per heavy atom. The molecule has 1 rings (SSSR count). The summed E-state index contributed by atoms with van der Waals surface area (Å²) in [6.45, 7) is 7.62. The van der Waals surface area contributed by atoms with Gasteiger partial charge in [-0.2, -0.15) is 0 Å². The zero-order chi connectivity index (χ0) is 14.3. The highest BCUT2D eigenvalue weighted by molar-refractivity contribution is 5.59. The fourth-order valence-electron chi connectivity index (χ4n) is 1.82. The van der Waals surface area contributed by atoms with Gasteiger partial charge in [-0.1, -0.05) is 13.8 Å². The van der Waals surface area contributed by atoms with Crippen LogP contribution in [0.5, 0.6) is 0 Å². The number of pyridine rings is 1. The quantitative estimate of drug-likeness (QED) is 0.549. The summed E-state index contributed by atoms with van der Waals surface area (Å²) in [5.74, 6) is 0.506. The molecular weight excluding hydrogens is 246 g/mol. The standard InChI is InChI=1S/C12H21N5O2/c1-3-8-16(4-2)9-7-14-12-10(17(18)19)5-6-11(13)15-12/h5-6H,3-4,7-9H2,1-2H3,(H3,13,14,15). The van der Waals surface area contributed by atoms with Crippen LogP contribution in [0.3, 0.4) is 0 Å². The van der Waals surface area contributed by atoms with Gasteiger partial charge in [0.25, 0.3) is 0 Å².